The van der Waals surface area contributed by atoms with Gasteiger partial charge in [-0.2, -0.15) is 0 Å². The average molecular weight is 1120 g/mol. The van der Waals surface area contributed by atoms with Crippen LogP contribution in [0.4, 0.5) is 0 Å². The summed E-state index contributed by atoms with van der Waals surface area (Å²) >= 11 is 0. The third kappa shape index (κ3) is 14.9. The summed E-state index contributed by atoms with van der Waals surface area (Å²) in [6.07, 6.45) is -10.2. The monoisotopic (exact) mass is 1120 g/mol. The third-order valence-electron chi connectivity index (χ3n) is 14.9. The summed E-state index contributed by atoms with van der Waals surface area (Å²) in [5, 5.41) is 100. The number of phenols is 1. The number of hydrogen-bond donors (Lipinski definition) is 13. The molecule has 0 bridgehead atoms. The molecule has 13 N–H and O–H groups in total. The van der Waals surface area contributed by atoms with Crippen LogP contribution in [0.15, 0.2) is 97.1 Å². The van der Waals surface area contributed by atoms with Crippen molar-refractivity contribution in [1.82, 2.24) is 36.4 Å². The summed E-state index contributed by atoms with van der Waals surface area (Å²) in [6, 6.07) is 15.7. The minimum absolute atomic E-state index is 0.0534. The number of rotatable bonds is 14. The van der Waals surface area contributed by atoms with Crippen LogP contribution in [0.5, 0.6) is 11.5 Å². The Balaban J connectivity index is 1.16. The number of aromatic hydroxyl groups is 1. The molecule has 3 heterocycles. The lowest BCUT2D eigenvalue weighted by atomic mass is 9.96. The van der Waals surface area contributed by atoms with Gasteiger partial charge in [-0.3, -0.25) is 33.6 Å². The van der Waals surface area contributed by atoms with Gasteiger partial charge in [-0.05, 0) is 84.5 Å². The largest absolute Gasteiger partial charge is 0.508 e. The molecule has 3 saturated heterocycles. The first-order chi connectivity index (χ1) is 38.6. The maximum atomic E-state index is 14.5. The molecule has 14 atom stereocenters. The van der Waals surface area contributed by atoms with Crippen molar-refractivity contribution < 1.29 is 79.2 Å². The predicted octanol–water partition coefficient (Wildman–Crippen LogP) is -0.245. The first-order valence-corrected chi connectivity index (χ1v) is 27.2. The number of benzene rings is 4. The normalized spacial score (nSPS) is 26.8. The highest BCUT2D eigenvalue weighted by Gasteiger charge is 2.50. The molecular weight excluding hydrogens is 1050 g/mol. The summed E-state index contributed by atoms with van der Waals surface area (Å²) in [7, 11) is 0. The molecule has 7 rings (SSSR count). The topological polar surface area (TPSA) is 357 Å². The lowest BCUT2D eigenvalue weighted by Crippen LogP contribution is -2.64. The molecule has 81 heavy (non-hydrogen) atoms. The quantitative estimate of drug-likeness (QED) is 0.0725. The van der Waals surface area contributed by atoms with E-state index in [0.29, 0.717) is 6.61 Å². The zero-order valence-corrected chi connectivity index (χ0v) is 45.4. The van der Waals surface area contributed by atoms with E-state index in [-0.39, 0.29) is 23.4 Å². The lowest BCUT2D eigenvalue weighted by molar-refractivity contribution is -0.147. The van der Waals surface area contributed by atoms with Gasteiger partial charge in [0.25, 0.3) is 5.91 Å². The van der Waals surface area contributed by atoms with E-state index in [2.05, 4.69) is 33.5 Å². The van der Waals surface area contributed by atoms with Gasteiger partial charge in [0, 0.05) is 44.0 Å². The molecule has 0 radical (unpaired) electrons. The van der Waals surface area contributed by atoms with Crippen LogP contribution in [0.3, 0.4) is 0 Å². The van der Waals surface area contributed by atoms with Crippen LogP contribution in [0.25, 0.3) is 22.3 Å². The van der Waals surface area contributed by atoms with Crippen LogP contribution >= 0.6 is 0 Å². The number of carbonyl (C=O) groups excluding carboxylic acids is 7. The van der Waals surface area contributed by atoms with Crippen molar-refractivity contribution in [2.45, 2.75) is 139 Å². The third-order valence-corrected chi connectivity index (χ3v) is 14.9. The van der Waals surface area contributed by atoms with Gasteiger partial charge in [0.05, 0.1) is 37.1 Å². The number of amides is 7. The molecule has 436 valence electrons. The Morgan fingerprint density at radius 3 is 1.74 bits per heavy atom. The fourth-order valence-electron chi connectivity index (χ4n) is 10.2. The van der Waals surface area contributed by atoms with E-state index in [4.69, 9.17) is 4.74 Å². The molecule has 0 aliphatic carbocycles. The Morgan fingerprint density at radius 1 is 0.642 bits per heavy atom. The Morgan fingerprint density at radius 2 is 1.17 bits per heavy atom. The number of ether oxygens (including phenoxy) is 1. The van der Waals surface area contributed by atoms with Gasteiger partial charge in [-0.15, -0.1) is 0 Å². The molecule has 7 amide bonds. The van der Waals surface area contributed by atoms with Crippen molar-refractivity contribution in [3.63, 3.8) is 0 Å². The standard InChI is InChI=1S/C58H73N7O16/c1-5-6-7-24-81-42-22-18-36(19-23-42)34-10-8-33(9-11-34)35-12-14-38(15-13-35)52(74)60-43-25-40(69)27-59-56(78)48-49(71)30(2)28-65(48)58(80)46(32(4)67)62-55(77)47(51(73)50(72)37-16-20-39(68)21-17-37)63-54(76)44-26-41(70)29-64(44)57(79)45(31(3)66)61-53(43)75/h8-23,30-32,40-41,43-51,66-73H,5-7,24-29H2,1-4H3,(H,59,78)(H,60,74)(H,61,75)(H,62,77)(H,63,76)/t30-,31+,32+,40+,41+,43?,44?,45?,46?,47?,48?,49-,50-,51-/m0/s1. The molecule has 23 heteroatoms. The Bertz CT molecular complexity index is 2840. The molecule has 4 aromatic rings. The minimum atomic E-state index is -2.26. The average Bonchev–Trinajstić information content (AvgIpc) is 4.09. The summed E-state index contributed by atoms with van der Waals surface area (Å²) < 4.78 is 5.85. The molecule has 6 unspecified atom stereocenters. The lowest BCUT2D eigenvalue weighted by Gasteiger charge is -2.34. The molecular formula is C58H73N7O16. The molecule has 0 saturated carbocycles. The first kappa shape index (κ1) is 61.1. The van der Waals surface area contributed by atoms with Crippen molar-refractivity contribution in [2.75, 3.05) is 26.2 Å². The fourth-order valence-corrected chi connectivity index (χ4v) is 10.2. The SMILES string of the molecule is CCCCCOc1ccc(-c2ccc(-c3ccc(C(=O)NC4C[C@@H](O)CNC(=O)C5[C@@H](O)[C@@H](C)CN5C(=O)C([C@@H](C)O)NC(=O)C([C@H](O)[C@@H](O)c5ccc(O)cc5)NC(=O)C5C[C@@H](O)CN5C(=O)C([C@@H](C)O)NC4=O)cc3)cc2)cc1. The van der Waals surface area contributed by atoms with E-state index in [1.807, 2.05) is 48.5 Å². The summed E-state index contributed by atoms with van der Waals surface area (Å²) in [4.78, 5) is 102. The van der Waals surface area contributed by atoms with Crippen LogP contribution in [0, 0.1) is 5.92 Å². The number of aliphatic hydroxyl groups is 7. The number of fused-ring (bicyclic) bond motifs is 2. The van der Waals surface area contributed by atoms with Gasteiger partial charge in [-0.25, -0.2) is 0 Å². The smallest absolute Gasteiger partial charge is 0.251 e. The maximum Gasteiger partial charge on any atom is 0.251 e. The van der Waals surface area contributed by atoms with Gasteiger partial charge in [0.15, 0.2) is 0 Å². The van der Waals surface area contributed by atoms with E-state index < -0.39 is 152 Å². The number of unbranched alkanes of at least 4 members (excludes halogenated alkanes) is 2. The molecule has 4 aromatic carbocycles. The minimum Gasteiger partial charge on any atom is -0.508 e. The van der Waals surface area contributed by atoms with E-state index in [0.717, 1.165) is 70.9 Å². The van der Waals surface area contributed by atoms with Crippen LogP contribution < -0.4 is 31.3 Å². The molecule has 0 spiro atoms. The first-order valence-electron chi connectivity index (χ1n) is 27.2. The number of nitrogens with zero attached hydrogens (tertiary/aromatic N) is 2. The Labute approximate surface area is 468 Å². The van der Waals surface area contributed by atoms with Gasteiger partial charge in [-0.1, -0.05) is 87.4 Å². The van der Waals surface area contributed by atoms with Crippen molar-refractivity contribution in [3.8, 4) is 33.8 Å². The number of β-amino-alcohol motifs (C(OH)–C–C–N with tert-alkyl or cyclic N) is 1. The van der Waals surface area contributed by atoms with Crippen molar-refractivity contribution >= 4 is 41.4 Å². The van der Waals surface area contributed by atoms with Crippen LogP contribution in [0.2, 0.25) is 0 Å². The summed E-state index contributed by atoms with van der Waals surface area (Å²) in [5.74, 6) is -7.90. The second kappa shape index (κ2) is 27.3. The number of hydrogen-bond acceptors (Lipinski definition) is 16. The number of nitrogens with one attached hydrogen (secondary N) is 5. The van der Waals surface area contributed by atoms with E-state index in [1.54, 1.807) is 12.1 Å². The molecule has 3 aliphatic rings. The van der Waals surface area contributed by atoms with E-state index in [9.17, 15) is 74.4 Å². The van der Waals surface area contributed by atoms with Gasteiger partial charge < -0.3 is 82.0 Å². The number of aliphatic hydroxyl groups excluding tert-OH is 7. The fraction of sp³-hybridized carbons (Fsp3) is 0.466. The van der Waals surface area contributed by atoms with Gasteiger partial charge >= 0.3 is 0 Å². The van der Waals surface area contributed by atoms with Crippen LogP contribution in [0.1, 0.15) is 81.8 Å². The molecule has 3 aliphatic heterocycles. The Hall–Kier alpha value is -7.51. The van der Waals surface area contributed by atoms with E-state index >= 15 is 0 Å². The van der Waals surface area contributed by atoms with Crippen molar-refractivity contribution in [1.29, 1.82) is 0 Å². The predicted molar refractivity (Wildman–Crippen MR) is 292 cm³/mol. The summed E-state index contributed by atoms with van der Waals surface area (Å²) in [5.41, 5.74) is 3.56. The molecule has 23 nitrogen and oxygen atoms in total. The highest BCUT2D eigenvalue weighted by atomic mass is 16.5. The van der Waals surface area contributed by atoms with Gasteiger partial charge in [0.2, 0.25) is 35.4 Å². The van der Waals surface area contributed by atoms with E-state index in [1.165, 1.54) is 43.3 Å². The highest BCUT2D eigenvalue weighted by Crippen LogP contribution is 2.30. The van der Waals surface area contributed by atoms with Crippen molar-refractivity contribution in [2.24, 2.45) is 5.92 Å². The zero-order valence-electron chi connectivity index (χ0n) is 45.4. The number of carbonyl (C=O) groups is 7. The maximum absolute atomic E-state index is 14.5. The van der Waals surface area contributed by atoms with Gasteiger partial charge in [0.1, 0.15) is 60.0 Å². The second-order valence-corrected chi connectivity index (χ2v) is 21.2. The van der Waals surface area contributed by atoms with Crippen LogP contribution in [-0.4, -0.2) is 191 Å². The van der Waals surface area contributed by atoms with Crippen molar-refractivity contribution in [3.05, 3.63) is 108 Å². The number of phenolic OH excluding ortho intramolecular Hbond substituents is 1. The Kier molecular flexibility index (Phi) is 20.6. The van der Waals surface area contributed by atoms with Crippen LogP contribution in [-0.2, 0) is 28.8 Å². The summed E-state index contributed by atoms with van der Waals surface area (Å²) in [6.45, 7) is 5.11. The molecule has 3 fully saturated rings. The molecule has 0 aromatic heterocycles. The highest BCUT2D eigenvalue weighted by molar-refractivity contribution is 6.00. The zero-order chi connectivity index (χ0) is 58.8. The second-order valence-electron chi connectivity index (χ2n) is 21.2.